The maximum Gasteiger partial charge on any atom is -0.0169 e. The standard InChI is InChI=1S/C8H14/c1-3-5-7-8-6-4-2/h3,5-6,8H,4,7H2,1-2H3/b5-3+,8-6+. The molecule has 0 aliphatic carbocycles. The number of rotatable bonds is 3. The molecule has 0 saturated heterocycles. The summed E-state index contributed by atoms with van der Waals surface area (Å²) < 4.78 is 0. The topological polar surface area (TPSA) is 0 Å². The third kappa shape index (κ3) is 5.48. The third-order valence-electron chi connectivity index (χ3n) is 0.910. The van der Waals surface area contributed by atoms with Crippen molar-refractivity contribution >= 4 is 0 Å². The SMILES string of the molecule is C/C=C/C/C=C/CC. The van der Waals surface area contributed by atoms with E-state index in [1.54, 1.807) is 0 Å². The summed E-state index contributed by atoms with van der Waals surface area (Å²) in [7, 11) is 0. The van der Waals surface area contributed by atoms with E-state index in [0.29, 0.717) is 0 Å². The Kier molecular flexibility index (Phi) is 6.06. The number of hydrogen-bond donors (Lipinski definition) is 0. The molecule has 0 saturated carbocycles. The van der Waals surface area contributed by atoms with E-state index >= 15 is 0 Å². The van der Waals surface area contributed by atoms with E-state index in [1.807, 2.05) is 6.92 Å². The van der Waals surface area contributed by atoms with Gasteiger partial charge in [-0.15, -0.1) is 0 Å². The summed E-state index contributed by atoms with van der Waals surface area (Å²) in [6.45, 7) is 4.19. The van der Waals surface area contributed by atoms with Crippen LogP contribution in [0.1, 0.15) is 26.7 Å². The first kappa shape index (κ1) is 7.48. The third-order valence-corrected chi connectivity index (χ3v) is 0.910. The molecule has 0 unspecified atom stereocenters. The summed E-state index contributed by atoms with van der Waals surface area (Å²) in [6, 6.07) is 0. The molecule has 46 valence electrons. The van der Waals surface area contributed by atoms with E-state index < -0.39 is 0 Å². The second-order valence-corrected chi connectivity index (χ2v) is 1.68. The molecule has 0 N–H and O–H groups in total. The molecule has 0 aromatic rings. The van der Waals surface area contributed by atoms with Gasteiger partial charge in [0.05, 0.1) is 0 Å². The number of allylic oxidation sites excluding steroid dienone is 4. The van der Waals surface area contributed by atoms with E-state index in [4.69, 9.17) is 0 Å². The average Bonchev–Trinajstić information content (AvgIpc) is 1.81. The lowest BCUT2D eigenvalue weighted by molar-refractivity contribution is 1.20. The van der Waals surface area contributed by atoms with Crippen LogP contribution in [0.3, 0.4) is 0 Å². The molecule has 0 heteroatoms. The summed E-state index contributed by atoms with van der Waals surface area (Å²) in [5.74, 6) is 0. The van der Waals surface area contributed by atoms with Crippen molar-refractivity contribution in [3.63, 3.8) is 0 Å². The van der Waals surface area contributed by atoms with Gasteiger partial charge in [0.25, 0.3) is 0 Å². The van der Waals surface area contributed by atoms with Crippen LogP contribution < -0.4 is 0 Å². The van der Waals surface area contributed by atoms with Crippen LogP contribution in [-0.4, -0.2) is 0 Å². The first-order chi connectivity index (χ1) is 3.91. The van der Waals surface area contributed by atoms with Crippen molar-refractivity contribution in [2.75, 3.05) is 0 Å². The molecule has 0 atom stereocenters. The van der Waals surface area contributed by atoms with Crippen molar-refractivity contribution in [2.45, 2.75) is 26.7 Å². The molecule has 0 fully saturated rings. The first-order valence-corrected chi connectivity index (χ1v) is 3.18. The fourth-order valence-electron chi connectivity index (χ4n) is 0.478. The Morgan fingerprint density at radius 1 is 1.12 bits per heavy atom. The Bertz CT molecular complexity index is 78.0. The zero-order valence-electron chi connectivity index (χ0n) is 5.72. The van der Waals surface area contributed by atoms with Gasteiger partial charge in [-0.1, -0.05) is 31.2 Å². The number of hydrogen-bond acceptors (Lipinski definition) is 0. The Balaban J connectivity index is 3.03. The molecule has 8 heavy (non-hydrogen) atoms. The van der Waals surface area contributed by atoms with E-state index in [2.05, 4.69) is 31.2 Å². The van der Waals surface area contributed by atoms with Crippen LogP contribution in [0.4, 0.5) is 0 Å². The minimum Gasteiger partial charge on any atom is -0.0914 e. The summed E-state index contributed by atoms with van der Waals surface area (Å²) in [4.78, 5) is 0. The van der Waals surface area contributed by atoms with Gasteiger partial charge in [-0.3, -0.25) is 0 Å². The molecule has 0 heterocycles. The molecule has 0 bridgehead atoms. The molecule has 0 aromatic carbocycles. The van der Waals surface area contributed by atoms with Crippen molar-refractivity contribution in [3.8, 4) is 0 Å². The monoisotopic (exact) mass is 110 g/mol. The largest absolute Gasteiger partial charge is 0.0914 e. The predicted octanol–water partition coefficient (Wildman–Crippen LogP) is 2.92. The maximum absolute atomic E-state index is 2.18. The van der Waals surface area contributed by atoms with Crippen LogP contribution in [0.5, 0.6) is 0 Å². The molecular formula is C8H14. The molecular weight excluding hydrogens is 96.1 g/mol. The van der Waals surface area contributed by atoms with Gasteiger partial charge >= 0.3 is 0 Å². The second-order valence-electron chi connectivity index (χ2n) is 1.68. The van der Waals surface area contributed by atoms with Gasteiger partial charge in [-0.2, -0.15) is 0 Å². The molecule has 0 amide bonds. The van der Waals surface area contributed by atoms with Crippen LogP contribution in [0.2, 0.25) is 0 Å². The van der Waals surface area contributed by atoms with Crippen LogP contribution in [-0.2, 0) is 0 Å². The van der Waals surface area contributed by atoms with Gasteiger partial charge in [0.2, 0.25) is 0 Å². The van der Waals surface area contributed by atoms with Gasteiger partial charge in [-0.25, -0.2) is 0 Å². The minimum atomic E-state index is 1.09. The minimum absolute atomic E-state index is 1.09. The smallest absolute Gasteiger partial charge is 0.0169 e. The van der Waals surface area contributed by atoms with Crippen LogP contribution in [0.15, 0.2) is 24.3 Å². The van der Waals surface area contributed by atoms with E-state index in [0.717, 1.165) is 12.8 Å². The van der Waals surface area contributed by atoms with E-state index in [1.165, 1.54) is 0 Å². The molecule has 0 spiro atoms. The van der Waals surface area contributed by atoms with Crippen LogP contribution in [0.25, 0.3) is 0 Å². The Morgan fingerprint density at radius 3 is 2.38 bits per heavy atom. The van der Waals surface area contributed by atoms with Crippen LogP contribution >= 0.6 is 0 Å². The summed E-state index contributed by atoms with van der Waals surface area (Å²) >= 11 is 0. The summed E-state index contributed by atoms with van der Waals surface area (Å²) in [5, 5.41) is 0. The molecule has 0 aromatic heterocycles. The van der Waals surface area contributed by atoms with Crippen molar-refractivity contribution in [1.82, 2.24) is 0 Å². The average molecular weight is 110 g/mol. The Morgan fingerprint density at radius 2 is 1.88 bits per heavy atom. The Hall–Kier alpha value is -0.520. The fourth-order valence-corrected chi connectivity index (χ4v) is 0.478. The van der Waals surface area contributed by atoms with Crippen molar-refractivity contribution in [3.05, 3.63) is 24.3 Å². The van der Waals surface area contributed by atoms with E-state index in [-0.39, 0.29) is 0 Å². The van der Waals surface area contributed by atoms with Gasteiger partial charge in [0.15, 0.2) is 0 Å². The molecule has 0 aliphatic heterocycles. The highest BCUT2D eigenvalue weighted by Gasteiger charge is 1.65. The van der Waals surface area contributed by atoms with Gasteiger partial charge in [0.1, 0.15) is 0 Å². The Labute approximate surface area is 51.9 Å². The van der Waals surface area contributed by atoms with Gasteiger partial charge < -0.3 is 0 Å². The van der Waals surface area contributed by atoms with Crippen molar-refractivity contribution in [2.24, 2.45) is 0 Å². The second kappa shape index (κ2) is 6.48. The highest BCUT2D eigenvalue weighted by Crippen LogP contribution is 1.86. The lowest BCUT2D eigenvalue weighted by Crippen LogP contribution is -1.56. The zero-order valence-corrected chi connectivity index (χ0v) is 5.72. The lowest BCUT2D eigenvalue weighted by atomic mass is 10.3. The van der Waals surface area contributed by atoms with Gasteiger partial charge in [-0.05, 0) is 19.8 Å². The van der Waals surface area contributed by atoms with Crippen LogP contribution in [0, 0.1) is 0 Å². The fraction of sp³-hybridized carbons (Fsp3) is 0.500. The quantitative estimate of drug-likeness (QED) is 0.490. The lowest BCUT2D eigenvalue weighted by Gasteiger charge is -1.77. The predicted molar refractivity (Wildman–Crippen MR) is 38.9 cm³/mol. The molecule has 0 radical (unpaired) electrons. The maximum atomic E-state index is 2.18. The highest BCUT2D eigenvalue weighted by molar-refractivity contribution is 4.90. The zero-order chi connectivity index (χ0) is 6.24. The van der Waals surface area contributed by atoms with E-state index in [9.17, 15) is 0 Å². The van der Waals surface area contributed by atoms with Crippen molar-refractivity contribution < 1.29 is 0 Å². The normalized spacial score (nSPS) is 11.8. The highest BCUT2D eigenvalue weighted by atomic mass is 13.7. The molecule has 0 nitrogen and oxygen atoms in total. The first-order valence-electron chi connectivity index (χ1n) is 3.18. The summed E-state index contributed by atoms with van der Waals surface area (Å²) in [5.41, 5.74) is 0. The molecule has 0 aliphatic rings. The van der Waals surface area contributed by atoms with Crippen molar-refractivity contribution in [1.29, 1.82) is 0 Å². The molecule has 0 rings (SSSR count). The summed E-state index contributed by atoms with van der Waals surface area (Å²) in [6.07, 6.45) is 10.8. The van der Waals surface area contributed by atoms with Gasteiger partial charge in [0, 0.05) is 0 Å².